The van der Waals surface area contributed by atoms with Gasteiger partial charge >= 0.3 is 0 Å². The fourth-order valence-electron chi connectivity index (χ4n) is 2.78. The molecule has 0 saturated heterocycles. The van der Waals surface area contributed by atoms with E-state index >= 15 is 0 Å². The fourth-order valence-corrected chi connectivity index (χ4v) is 3.01. The first-order valence-electron chi connectivity index (χ1n) is 8.59. The first-order valence-corrected chi connectivity index (χ1v) is 8.96. The molecule has 0 spiro atoms. The molecule has 3 N–H and O–H groups in total. The Morgan fingerprint density at radius 2 is 1.66 bits per heavy atom. The summed E-state index contributed by atoms with van der Waals surface area (Å²) in [7, 11) is 0. The summed E-state index contributed by atoms with van der Waals surface area (Å²) in [4.78, 5) is 29.0. The number of fused-ring (bicyclic) bond motifs is 1. The fraction of sp³-hybridized carbons (Fsp3) is 0. The van der Waals surface area contributed by atoms with Gasteiger partial charge in [-0.25, -0.2) is 13.8 Å². The highest BCUT2D eigenvalue weighted by atomic mass is 35.5. The number of aromatic amines is 1. The lowest BCUT2D eigenvalue weighted by Crippen LogP contribution is -2.14. The van der Waals surface area contributed by atoms with Crippen molar-refractivity contribution in [3.8, 4) is 0 Å². The Bertz CT molecular complexity index is 1290. The molecule has 2 heterocycles. The lowest BCUT2D eigenvalue weighted by atomic mass is 10.1. The van der Waals surface area contributed by atoms with Crippen molar-refractivity contribution in [2.45, 2.75) is 0 Å². The van der Waals surface area contributed by atoms with Crippen molar-refractivity contribution in [2.24, 2.45) is 0 Å². The molecule has 4 rings (SSSR count). The molecule has 2 amide bonds. The molecule has 0 unspecified atom stereocenters. The molecule has 2 aromatic carbocycles. The van der Waals surface area contributed by atoms with Crippen molar-refractivity contribution in [3.63, 3.8) is 0 Å². The highest BCUT2D eigenvalue weighted by molar-refractivity contribution is 6.34. The van der Waals surface area contributed by atoms with Crippen molar-refractivity contribution in [1.29, 1.82) is 0 Å². The van der Waals surface area contributed by atoms with Gasteiger partial charge in [-0.05, 0) is 23.6 Å². The van der Waals surface area contributed by atoms with Gasteiger partial charge < -0.3 is 10.6 Å². The molecule has 0 aliphatic heterocycles. The van der Waals surface area contributed by atoms with Crippen molar-refractivity contribution in [2.75, 3.05) is 10.6 Å². The molecule has 0 fully saturated rings. The first kappa shape index (κ1) is 25.0. The Morgan fingerprint density at radius 3 is 2.44 bits per heavy atom. The van der Waals surface area contributed by atoms with E-state index < -0.39 is 23.4 Å². The maximum absolute atomic E-state index is 13.4. The monoisotopic (exact) mass is 499 g/mol. The summed E-state index contributed by atoms with van der Waals surface area (Å²) in [6.45, 7) is 0. The average Bonchev–Trinajstić information content (AvgIpc) is 3.19. The van der Waals surface area contributed by atoms with E-state index in [4.69, 9.17) is 11.6 Å². The predicted octanol–water partition coefficient (Wildman–Crippen LogP) is 5.24. The minimum absolute atomic E-state index is 0. The van der Waals surface area contributed by atoms with Gasteiger partial charge in [0.2, 0.25) is 0 Å². The van der Waals surface area contributed by atoms with Gasteiger partial charge in [-0.3, -0.25) is 14.7 Å². The maximum atomic E-state index is 13.4. The summed E-state index contributed by atoms with van der Waals surface area (Å²) in [5.41, 5.74) is -0.221. The van der Waals surface area contributed by atoms with Crippen LogP contribution in [0.5, 0.6) is 0 Å². The minimum atomic E-state index is -1.21. The summed E-state index contributed by atoms with van der Waals surface area (Å²) in [6, 6.07) is 11.9. The second-order valence-electron chi connectivity index (χ2n) is 6.20. The molecule has 12 heteroatoms. The SMILES string of the molecule is Cl.Cl.O=C(Nc1nccc2ccccc12)c1cc(NC(=O)c2cc(F)c(F)cc2Cl)n[nH]1. The smallest absolute Gasteiger partial charge is 0.274 e. The molecule has 0 radical (unpaired) electrons. The Balaban J connectivity index is 0.00000181. The van der Waals surface area contributed by atoms with Gasteiger partial charge in [0.05, 0.1) is 10.6 Å². The summed E-state index contributed by atoms with van der Waals surface area (Å²) in [6.07, 6.45) is 1.57. The molecule has 4 aromatic rings. The average molecular weight is 501 g/mol. The Labute approximate surface area is 197 Å². The number of anilines is 2. The molecule has 0 aliphatic carbocycles. The first-order chi connectivity index (χ1) is 14.4. The quantitative estimate of drug-likeness (QED) is 0.334. The van der Waals surface area contributed by atoms with Crippen LogP contribution in [0.3, 0.4) is 0 Å². The molecule has 0 bridgehead atoms. The zero-order valence-corrected chi connectivity index (χ0v) is 18.2. The summed E-state index contributed by atoms with van der Waals surface area (Å²) < 4.78 is 26.6. The normalized spacial score (nSPS) is 10.1. The second-order valence-corrected chi connectivity index (χ2v) is 6.61. The molecule has 2 aromatic heterocycles. The largest absolute Gasteiger partial charge is 0.305 e. The molecule has 0 aliphatic rings. The number of benzene rings is 2. The van der Waals surface area contributed by atoms with Crippen molar-refractivity contribution < 1.29 is 18.4 Å². The Hall–Kier alpha value is -3.27. The van der Waals surface area contributed by atoms with Crippen molar-refractivity contribution in [1.82, 2.24) is 15.2 Å². The van der Waals surface area contributed by atoms with E-state index in [-0.39, 0.29) is 46.9 Å². The third-order valence-corrected chi connectivity index (χ3v) is 4.54. The van der Waals surface area contributed by atoms with Crippen LogP contribution in [-0.4, -0.2) is 27.0 Å². The predicted molar refractivity (Wildman–Crippen MR) is 122 cm³/mol. The minimum Gasteiger partial charge on any atom is -0.305 e. The molecule has 7 nitrogen and oxygen atoms in total. The van der Waals surface area contributed by atoms with Gasteiger partial charge in [0, 0.05) is 17.6 Å². The molecular weight excluding hydrogens is 487 g/mol. The van der Waals surface area contributed by atoms with E-state index in [0.717, 1.165) is 10.8 Å². The van der Waals surface area contributed by atoms with E-state index in [9.17, 15) is 18.4 Å². The number of nitrogens with zero attached hydrogens (tertiary/aromatic N) is 2. The molecule has 32 heavy (non-hydrogen) atoms. The van der Waals surface area contributed by atoms with Gasteiger partial charge in [0.15, 0.2) is 17.5 Å². The van der Waals surface area contributed by atoms with E-state index in [1.165, 1.54) is 6.07 Å². The summed E-state index contributed by atoms with van der Waals surface area (Å²) in [5.74, 6) is -3.36. The highest BCUT2D eigenvalue weighted by Crippen LogP contribution is 2.22. The van der Waals surface area contributed by atoms with Crippen LogP contribution < -0.4 is 10.6 Å². The number of amides is 2. The summed E-state index contributed by atoms with van der Waals surface area (Å²) >= 11 is 5.79. The van der Waals surface area contributed by atoms with E-state index in [1.807, 2.05) is 30.3 Å². The van der Waals surface area contributed by atoms with Crippen LogP contribution in [0.25, 0.3) is 10.8 Å². The number of hydrogen-bond acceptors (Lipinski definition) is 4. The Morgan fingerprint density at radius 1 is 0.938 bits per heavy atom. The van der Waals surface area contributed by atoms with Gasteiger partial charge in [-0.15, -0.1) is 24.8 Å². The highest BCUT2D eigenvalue weighted by Gasteiger charge is 2.18. The van der Waals surface area contributed by atoms with E-state index in [0.29, 0.717) is 18.0 Å². The lowest BCUT2D eigenvalue weighted by molar-refractivity contribution is 0.101. The molecule has 0 atom stereocenters. The third kappa shape index (κ3) is 5.13. The van der Waals surface area contributed by atoms with Gasteiger partial charge in [-0.2, -0.15) is 5.10 Å². The number of carbonyl (C=O) groups excluding carboxylic acids is 2. The lowest BCUT2D eigenvalue weighted by Gasteiger charge is -2.06. The molecule has 166 valence electrons. The number of aromatic nitrogens is 3. The van der Waals surface area contributed by atoms with Crippen LogP contribution >= 0.6 is 36.4 Å². The topological polar surface area (TPSA) is 99.8 Å². The van der Waals surface area contributed by atoms with Crippen LogP contribution in [0, 0.1) is 11.6 Å². The number of H-pyrrole nitrogens is 1. The van der Waals surface area contributed by atoms with Crippen LogP contribution in [-0.2, 0) is 0 Å². The zero-order valence-electron chi connectivity index (χ0n) is 15.9. The van der Waals surface area contributed by atoms with Crippen molar-refractivity contribution in [3.05, 3.63) is 82.6 Å². The van der Waals surface area contributed by atoms with Crippen LogP contribution in [0.2, 0.25) is 5.02 Å². The third-order valence-electron chi connectivity index (χ3n) is 4.22. The summed E-state index contributed by atoms with van der Waals surface area (Å²) in [5, 5.41) is 12.8. The van der Waals surface area contributed by atoms with Gasteiger partial charge in [-0.1, -0.05) is 35.9 Å². The number of halogens is 5. The number of carbonyl (C=O) groups is 2. The van der Waals surface area contributed by atoms with Crippen LogP contribution in [0.4, 0.5) is 20.4 Å². The van der Waals surface area contributed by atoms with Crippen LogP contribution in [0.15, 0.2) is 54.7 Å². The standard InChI is InChI=1S/C20H12ClF2N5O2.2ClH/c21-13-8-15(23)14(22)7-12(13)19(29)25-17-9-16(27-28-17)20(30)26-18-11-4-2-1-3-10(11)5-6-24-18;;/h1-9H,(H,24,26,30)(H2,25,27,28,29);2*1H. The van der Waals surface area contributed by atoms with E-state index in [2.05, 4.69) is 25.8 Å². The van der Waals surface area contributed by atoms with Crippen molar-refractivity contribution >= 4 is 70.6 Å². The van der Waals surface area contributed by atoms with Crippen LogP contribution in [0.1, 0.15) is 20.8 Å². The van der Waals surface area contributed by atoms with Gasteiger partial charge in [0.1, 0.15) is 11.5 Å². The van der Waals surface area contributed by atoms with Gasteiger partial charge in [0.25, 0.3) is 11.8 Å². The van der Waals surface area contributed by atoms with E-state index in [1.54, 1.807) is 6.20 Å². The second kappa shape index (κ2) is 10.4. The molecule has 0 saturated carbocycles. The number of rotatable bonds is 4. The zero-order chi connectivity index (χ0) is 21.3. The number of hydrogen-bond donors (Lipinski definition) is 3. The maximum Gasteiger partial charge on any atom is 0.274 e. The number of nitrogens with one attached hydrogen (secondary N) is 3. The molecular formula is C20H14Cl3F2N5O2. The number of pyridine rings is 1. The Kier molecular flexibility index (Phi) is 8.09.